The minimum atomic E-state index is -0.0965. The van der Waals surface area contributed by atoms with Crippen LogP contribution in [0.1, 0.15) is 31.7 Å². The Balaban J connectivity index is 1.94. The summed E-state index contributed by atoms with van der Waals surface area (Å²) in [5, 5.41) is 6.25. The lowest BCUT2D eigenvalue weighted by molar-refractivity contribution is -0.123. The van der Waals surface area contributed by atoms with Crippen molar-refractivity contribution >= 4 is 5.91 Å². The number of methoxy groups -OCH3 is 1. The maximum absolute atomic E-state index is 11.6. The molecule has 1 saturated carbocycles. The van der Waals surface area contributed by atoms with E-state index in [-0.39, 0.29) is 12.5 Å². The van der Waals surface area contributed by atoms with Crippen molar-refractivity contribution in [3.05, 3.63) is 23.8 Å². The van der Waals surface area contributed by atoms with Crippen molar-refractivity contribution in [1.29, 1.82) is 0 Å². The van der Waals surface area contributed by atoms with E-state index < -0.39 is 0 Å². The van der Waals surface area contributed by atoms with Crippen molar-refractivity contribution in [2.45, 2.75) is 38.8 Å². The van der Waals surface area contributed by atoms with E-state index in [9.17, 15) is 4.79 Å². The summed E-state index contributed by atoms with van der Waals surface area (Å²) in [5.41, 5.74) is 1.05. The van der Waals surface area contributed by atoms with E-state index in [0.717, 1.165) is 24.3 Å². The molecule has 0 spiro atoms. The molecule has 1 aliphatic rings. The highest BCUT2D eigenvalue weighted by molar-refractivity contribution is 5.77. The molecule has 0 heterocycles. The van der Waals surface area contributed by atoms with Gasteiger partial charge in [-0.1, -0.05) is 13.0 Å². The molecule has 0 aliphatic heterocycles. The SMILES string of the molecule is CCCNC(=O)COc1cc(OC)ccc1CNC1CC1. The lowest BCUT2D eigenvalue weighted by Crippen LogP contribution is -2.29. The summed E-state index contributed by atoms with van der Waals surface area (Å²) in [6.45, 7) is 3.48. The molecule has 1 aromatic carbocycles. The highest BCUT2D eigenvalue weighted by Gasteiger charge is 2.20. The Kier molecular flexibility index (Phi) is 5.87. The van der Waals surface area contributed by atoms with Crippen LogP contribution in [0.2, 0.25) is 0 Å². The van der Waals surface area contributed by atoms with E-state index in [4.69, 9.17) is 9.47 Å². The van der Waals surface area contributed by atoms with Gasteiger partial charge in [0, 0.05) is 30.8 Å². The van der Waals surface area contributed by atoms with Gasteiger partial charge in [-0.3, -0.25) is 4.79 Å². The second kappa shape index (κ2) is 7.88. The molecule has 2 N–H and O–H groups in total. The van der Waals surface area contributed by atoms with Gasteiger partial charge in [-0.2, -0.15) is 0 Å². The molecule has 0 bridgehead atoms. The van der Waals surface area contributed by atoms with Crippen molar-refractivity contribution in [3.8, 4) is 11.5 Å². The molecule has 1 aromatic rings. The summed E-state index contributed by atoms with van der Waals surface area (Å²) < 4.78 is 10.9. The molecule has 1 aliphatic carbocycles. The van der Waals surface area contributed by atoms with Crippen LogP contribution in [0.4, 0.5) is 0 Å². The first kappa shape index (κ1) is 15.6. The molecule has 5 heteroatoms. The number of carbonyl (C=O) groups excluding carboxylic acids is 1. The maximum Gasteiger partial charge on any atom is 0.257 e. The third kappa shape index (κ3) is 5.27. The predicted molar refractivity (Wildman–Crippen MR) is 81.7 cm³/mol. The smallest absolute Gasteiger partial charge is 0.257 e. The first-order valence-corrected chi connectivity index (χ1v) is 7.52. The highest BCUT2D eigenvalue weighted by atomic mass is 16.5. The number of ether oxygens (including phenoxy) is 2. The topological polar surface area (TPSA) is 59.6 Å². The summed E-state index contributed by atoms with van der Waals surface area (Å²) >= 11 is 0. The van der Waals surface area contributed by atoms with Crippen LogP contribution in [0.25, 0.3) is 0 Å². The lowest BCUT2D eigenvalue weighted by Gasteiger charge is -2.13. The molecule has 21 heavy (non-hydrogen) atoms. The van der Waals surface area contributed by atoms with E-state index >= 15 is 0 Å². The number of rotatable bonds is 9. The van der Waals surface area contributed by atoms with Crippen LogP contribution < -0.4 is 20.1 Å². The van der Waals surface area contributed by atoms with E-state index in [0.29, 0.717) is 18.3 Å². The van der Waals surface area contributed by atoms with Gasteiger partial charge in [0.1, 0.15) is 11.5 Å². The summed E-state index contributed by atoms with van der Waals surface area (Å²) in [4.78, 5) is 11.6. The van der Waals surface area contributed by atoms with Gasteiger partial charge in [-0.15, -0.1) is 0 Å². The van der Waals surface area contributed by atoms with E-state index in [2.05, 4.69) is 10.6 Å². The van der Waals surface area contributed by atoms with Gasteiger partial charge in [-0.05, 0) is 25.3 Å². The van der Waals surface area contributed by atoms with Gasteiger partial charge in [0.05, 0.1) is 7.11 Å². The van der Waals surface area contributed by atoms with Gasteiger partial charge < -0.3 is 20.1 Å². The molecule has 116 valence electrons. The van der Waals surface area contributed by atoms with Gasteiger partial charge in [0.25, 0.3) is 5.91 Å². The third-order valence-corrected chi connectivity index (χ3v) is 3.36. The number of hydrogen-bond donors (Lipinski definition) is 2. The maximum atomic E-state index is 11.6. The number of hydrogen-bond acceptors (Lipinski definition) is 4. The number of carbonyl (C=O) groups is 1. The van der Waals surface area contributed by atoms with Crippen LogP contribution in [0, 0.1) is 0 Å². The van der Waals surface area contributed by atoms with Crippen LogP contribution >= 0.6 is 0 Å². The monoisotopic (exact) mass is 292 g/mol. The van der Waals surface area contributed by atoms with Gasteiger partial charge in [-0.25, -0.2) is 0 Å². The number of amides is 1. The van der Waals surface area contributed by atoms with Crippen LogP contribution in [0.5, 0.6) is 11.5 Å². The van der Waals surface area contributed by atoms with E-state index in [1.807, 2.05) is 25.1 Å². The van der Waals surface area contributed by atoms with Crippen molar-refractivity contribution in [2.75, 3.05) is 20.3 Å². The zero-order valence-corrected chi connectivity index (χ0v) is 12.8. The van der Waals surface area contributed by atoms with Crippen molar-refractivity contribution < 1.29 is 14.3 Å². The van der Waals surface area contributed by atoms with Crippen molar-refractivity contribution in [3.63, 3.8) is 0 Å². The third-order valence-electron chi connectivity index (χ3n) is 3.36. The Hall–Kier alpha value is -1.75. The molecule has 0 aromatic heterocycles. The zero-order chi connectivity index (χ0) is 15.1. The summed E-state index contributed by atoms with van der Waals surface area (Å²) in [6, 6.07) is 6.35. The largest absolute Gasteiger partial charge is 0.497 e. The molecule has 5 nitrogen and oxygen atoms in total. The van der Waals surface area contributed by atoms with E-state index in [1.165, 1.54) is 12.8 Å². The minimum Gasteiger partial charge on any atom is -0.497 e. The zero-order valence-electron chi connectivity index (χ0n) is 12.8. The number of benzene rings is 1. The molecular formula is C16H24N2O3. The summed E-state index contributed by atoms with van der Waals surface area (Å²) in [7, 11) is 1.62. The molecule has 0 atom stereocenters. The second-order valence-electron chi connectivity index (χ2n) is 5.27. The van der Waals surface area contributed by atoms with Crippen LogP contribution in [-0.2, 0) is 11.3 Å². The molecule has 2 rings (SSSR count). The highest BCUT2D eigenvalue weighted by Crippen LogP contribution is 2.26. The quantitative estimate of drug-likeness (QED) is 0.729. The normalized spacial score (nSPS) is 13.8. The van der Waals surface area contributed by atoms with Crippen molar-refractivity contribution in [1.82, 2.24) is 10.6 Å². The van der Waals surface area contributed by atoms with Gasteiger partial charge in [0.15, 0.2) is 6.61 Å². The molecule has 0 unspecified atom stereocenters. The fourth-order valence-corrected chi connectivity index (χ4v) is 1.94. The molecule has 0 radical (unpaired) electrons. The molecule has 1 fully saturated rings. The summed E-state index contributed by atoms with van der Waals surface area (Å²) in [6.07, 6.45) is 3.40. The van der Waals surface area contributed by atoms with Crippen LogP contribution in [0.15, 0.2) is 18.2 Å². The van der Waals surface area contributed by atoms with Crippen molar-refractivity contribution in [2.24, 2.45) is 0 Å². The van der Waals surface area contributed by atoms with Gasteiger partial charge >= 0.3 is 0 Å². The van der Waals surface area contributed by atoms with Crippen LogP contribution in [-0.4, -0.2) is 32.2 Å². The van der Waals surface area contributed by atoms with Gasteiger partial charge in [0.2, 0.25) is 0 Å². The Morgan fingerprint density at radius 2 is 2.19 bits per heavy atom. The average molecular weight is 292 g/mol. The summed E-state index contributed by atoms with van der Waals surface area (Å²) in [5.74, 6) is 1.34. The molecular weight excluding hydrogens is 268 g/mol. The predicted octanol–water partition coefficient (Wildman–Crippen LogP) is 1.85. The van der Waals surface area contributed by atoms with E-state index in [1.54, 1.807) is 7.11 Å². The first-order chi connectivity index (χ1) is 10.2. The fraction of sp³-hybridized carbons (Fsp3) is 0.562. The standard InChI is InChI=1S/C16H24N2O3/c1-3-8-17-16(19)11-21-15-9-14(20-2)7-4-12(15)10-18-13-5-6-13/h4,7,9,13,18H,3,5-6,8,10-11H2,1-2H3,(H,17,19). The Morgan fingerprint density at radius 3 is 2.86 bits per heavy atom. The molecule has 1 amide bonds. The Labute approximate surface area is 126 Å². The molecule has 0 saturated heterocycles. The first-order valence-electron chi connectivity index (χ1n) is 7.52. The minimum absolute atomic E-state index is 0.0313. The second-order valence-corrected chi connectivity index (χ2v) is 5.27. The number of nitrogens with one attached hydrogen (secondary N) is 2. The van der Waals surface area contributed by atoms with Crippen LogP contribution in [0.3, 0.4) is 0 Å². The Morgan fingerprint density at radius 1 is 1.38 bits per heavy atom. The average Bonchev–Trinajstić information content (AvgIpc) is 3.33. The Bertz CT molecular complexity index is 473. The fourth-order valence-electron chi connectivity index (χ4n) is 1.94. The lowest BCUT2D eigenvalue weighted by atomic mass is 10.2.